The molecule has 0 fully saturated rings. The largest absolute Gasteiger partial charge is 0.324 e. The first-order valence-corrected chi connectivity index (χ1v) is 4.87. The van der Waals surface area contributed by atoms with Gasteiger partial charge in [-0.25, -0.2) is 9.67 Å². The Balaban J connectivity index is 2.48. The fraction of sp³-hybridized carbons (Fsp3) is 0.273. The maximum Gasteiger partial charge on any atom is 0.164 e. The molecule has 0 saturated heterocycles. The number of hydrogen-bond donors (Lipinski definition) is 1. The number of benzene rings is 1. The van der Waals surface area contributed by atoms with Crippen LogP contribution >= 0.6 is 0 Å². The predicted octanol–water partition coefficient (Wildman–Crippen LogP) is 1.25. The average molecular weight is 202 g/mol. The third-order valence-electron chi connectivity index (χ3n) is 2.27. The van der Waals surface area contributed by atoms with Gasteiger partial charge in [0.05, 0.1) is 6.54 Å². The fourth-order valence-electron chi connectivity index (χ4n) is 1.56. The van der Waals surface area contributed by atoms with Crippen molar-refractivity contribution < 1.29 is 0 Å². The van der Waals surface area contributed by atoms with Gasteiger partial charge in [-0.2, -0.15) is 5.10 Å². The van der Waals surface area contributed by atoms with E-state index in [1.165, 1.54) is 5.56 Å². The van der Waals surface area contributed by atoms with E-state index in [1.54, 1.807) is 4.68 Å². The van der Waals surface area contributed by atoms with Gasteiger partial charge in [0.1, 0.15) is 0 Å². The van der Waals surface area contributed by atoms with Gasteiger partial charge in [0.2, 0.25) is 0 Å². The Morgan fingerprint density at radius 3 is 2.80 bits per heavy atom. The van der Waals surface area contributed by atoms with E-state index in [9.17, 15) is 0 Å². The lowest BCUT2D eigenvalue weighted by molar-refractivity contribution is 0.749. The summed E-state index contributed by atoms with van der Waals surface area (Å²) in [6.45, 7) is 2.43. The third-order valence-corrected chi connectivity index (χ3v) is 2.27. The molecule has 4 nitrogen and oxygen atoms in total. The zero-order valence-corrected chi connectivity index (χ0v) is 8.94. The van der Waals surface area contributed by atoms with E-state index in [0.717, 1.165) is 11.4 Å². The molecular formula is C11H14N4. The second-order valence-corrected chi connectivity index (χ2v) is 3.55. The minimum absolute atomic E-state index is 0.375. The summed E-state index contributed by atoms with van der Waals surface area (Å²) >= 11 is 0. The molecule has 0 amide bonds. The zero-order valence-electron chi connectivity index (χ0n) is 8.94. The number of rotatable bonds is 2. The molecule has 2 aromatic rings. The highest BCUT2D eigenvalue weighted by molar-refractivity contribution is 5.56. The van der Waals surface area contributed by atoms with Crippen LogP contribution in [0.1, 0.15) is 11.4 Å². The number of aromatic nitrogens is 3. The van der Waals surface area contributed by atoms with E-state index in [-0.39, 0.29) is 0 Å². The van der Waals surface area contributed by atoms with Gasteiger partial charge < -0.3 is 5.73 Å². The molecule has 0 aliphatic carbocycles. The lowest BCUT2D eigenvalue weighted by atomic mass is 10.1. The van der Waals surface area contributed by atoms with Crippen molar-refractivity contribution in [3.05, 3.63) is 35.7 Å². The highest BCUT2D eigenvalue weighted by atomic mass is 15.3. The smallest absolute Gasteiger partial charge is 0.164 e. The molecule has 0 radical (unpaired) electrons. The molecule has 78 valence electrons. The standard InChI is InChI=1S/C11H14N4/c1-8-4-3-5-9(6-8)11-13-10(7-12)14-15(11)2/h3-6H,7,12H2,1-2H3. The van der Waals surface area contributed by atoms with Gasteiger partial charge in [-0.1, -0.05) is 23.8 Å². The summed E-state index contributed by atoms with van der Waals surface area (Å²) in [5.74, 6) is 1.54. The van der Waals surface area contributed by atoms with Crippen LogP contribution in [0.25, 0.3) is 11.4 Å². The summed E-state index contributed by atoms with van der Waals surface area (Å²) in [4.78, 5) is 4.37. The predicted molar refractivity (Wildman–Crippen MR) is 59.1 cm³/mol. The Morgan fingerprint density at radius 1 is 1.40 bits per heavy atom. The Bertz CT molecular complexity index is 473. The molecule has 1 aromatic carbocycles. The topological polar surface area (TPSA) is 56.7 Å². The molecule has 15 heavy (non-hydrogen) atoms. The Morgan fingerprint density at radius 2 is 2.20 bits per heavy atom. The molecule has 1 heterocycles. The number of hydrogen-bond acceptors (Lipinski definition) is 3. The molecular weight excluding hydrogens is 188 g/mol. The Hall–Kier alpha value is -1.68. The van der Waals surface area contributed by atoms with Crippen molar-refractivity contribution in [2.24, 2.45) is 12.8 Å². The van der Waals surface area contributed by atoms with Crippen LogP contribution in [0.4, 0.5) is 0 Å². The van der Waals surface area contributed by atoms with Crippen LogP contribution in [-0.4, -0.2) is 14.8 Å². The van der Waals surface area contributed by atoms with Crippen molar-refractivity contribution in [2.45, 2.75) is 13.5 Å². The summed E-state index contributed by atoms with van der Waals surface area (Å²) in [5, 5.41) is 4.22. The van der Waals surface area contributed by atoms with Crippen molar-refractivity contribution in [1.29, 1.82) is 0 Å². The lowest BCUT2D eigenvalue weighted by Crippen LogP contribution is -1.99. The van der Waals surface area contributed by atoms with Crippen molar-refractivity contribution in [3.63, 3.8) is 0 Å². The number of nitrogens with zero attached hydrogens (tertiary/aromatic N) is 3. The maximum atomic E-state index is 5.50. The molecule has 2 N–H and O–H groups in total. The fourth-order valence-corrected chi connectivity index (χ4v) is 1.56. The van der Waals surface area contributed by atoms with Gasteiger partial charge in [-0.3, -0.25) is 0 Å². The summed E-state index contributed by atoms with van der Waals surface area (Å²) in [5.41, 5.74) is 7.79. The van der Waals surface area contributed by atoms with Crippen molar-refractivity contribution in [3.8, 4) is 11.4 Å². The van der Waals surface area contributed by atoms with Gasteiger partial charge in [0.25, 0.3) is 0 Å². The first-order chi connectivity index (χ1) is 7.20. The first-order valence-electron chi connectivity index (χ1n) is 4.87. The monoisotopic (exact) mass is 202 g/mol. The molecule has 4 heteroatoms. The van der Waals surface area contributed by atoms with Crippen LogP contribution in [0, 0.1) is 6.92 Å². The molecule has 1 aromatic heterocycles. The molecule has 0 unspecified atom stereocenters. The molecule has 0 atom stereocenters. The van der Waals surface area contributed by atoms with Crippen LogP contribution in [0.5, 0.6) is 0 Å². The van der Waals surface area contributed by atoms with Crippen molar-refractivity contribution in [1.82, 2.24) is 14.8 Å². The van der Waals surface area contributed by atoms with Crippen LogP contribution in [-0.2, 0) is 13.6 Å². The van der Waals surface area contributed by atoms with Crippen LogP contribution in [0.3, 0.4) is 0 Å². The van der Waals surface area contributed by atoms with E-state index in [4.69, 9.17) is 5.73 Å². The highest BCUT2D eigenvalue weighted by Crippen LogP contribution is 2.17. The molecule has 0 aliphatic rings. The van der Waals surface area contributed by atoms with Crippen LogP contribution in [0.2, 0.25) is 0 Å². The Labute approximate surface area is 88.8 Å². The highest BCUT2D eigenvalue weighted by Gasteiger charge is 2.07. The average Bonchev–Trinajstić information content (AvgIpc) is 2.60. The molecule has 0 bridgehead atoms. The normalized spacial score (nSPS) is 10.6. The molecule has 2 rings (SSSR count). The second kappa shape index (κ2) is 3.82. The Kier molecular flexibility index (Phi) is 2.51. The molecule has 0 aliphatic heterocycles. The molecule has 0 spiro atoms. The van der Waals surface area contributed by atoms with Gasteiger partial charge in [0.15, 0.2) is 11.6 Å². The van der Waals surface area contributed by atoms with E-state index in [2.05, 4.69) is 29.1 Å². The van der Waals surface area contributed by atoms with Crippen LogP contribution in [0.15, 0.2) is 24.3 Å². The number of aryl methyl sites for hydroxylation is 2. The van der Waals surface area contributed by atoms with Gasteiger partial charge >= 0.3 is 0 Å². The lowest BCUT2D eigenvalue weighted by Gasteiger charge is -2.00. The van der Waals surface area contributed by atoms with Crippen molar-refractivity contribution in [2.75, 3.05) is 0 Å². The van der Waals surface area contributed by atoms with E-state index < -0.39 is 0 Å². The molecule has 0 saturated carbocycles. The third kappa shape index (κ3) is 1.89. The van der Waals surface area contributed by atoms with Gasteiger partial charge in [-0.15, -0.1) is 0 Å². The van der Waals surface area contributed by atoms with Gasteiger partial charge in [0, 0.05) is 12.6 Å². The van der Waals surface area contributed by atoms with E-state index in [1.807, 2.05) is 19.2 Å². The SMILES string of the molecule is Cc1cccc(-c2nc(CN)nn2C)c1. The summed E-state index contributed by atoms with van der Waals surface area (Å²) < 4.78 is 1.76. The first kappa shape index (κ1) is 9.86. The van der Waals surface area contributed by atoms with E-state index >= 15 is 0 Å². The summed E-state index contributed by atoms with van der Waals surface area (Å²) in [6, 6.07) is 8.19. The van der Waals surface area contributed by atoms with Gasteiger partial charge in [-0.05, 0) is 13.0 Å². The minimum Gasteiger partial charge on any atom is -0.324 e. The minimum atomic E-state index is 0.375. The number of nitrogens with two attached hydrogens (primary N) is 1. The second-order valence-electron chi connectivity index (χ2n) is 3.55. The maximum absolute atomic E-state index is 5.50. The quantitative estimate of drug-likeness (QED) is 0.797. The van der Waals surface area contributed by atoms with E-state index in [0.29, 0.717) is 12.4 Å². The van der Waals surface area contributed by atoms with Crippen LogP contribution < -0.4 is 5.73 Å². The summed E-state index contributed by atoms with van der Waals surface area (Å²) in [7, 11) is 1.88. The summed E-state index contributed by atoms with van der Waals surface area (Å²) in [6.07, 6.45) is 0. The van der Waals surface area contributed by atoms with Crippen molar-refractivity contribution >= 4 is 0 Å². The zero-order chi connectivity index (χ0) is 10.8.